The molecule has 0 saturated carbocycles. The molecule has 0 saturated heterocycles. The van der Waals surface area contributed by atoms with Gasteiger partial charge in [0.1, 0.15) is 5.75 Å². The van der Waals surface area contributed by atoms with Gasteiger partial charge in [-0.05, 0) is 36.1 Å². The molecule has 0 aromatic heterocycles. The van der Waals surface area contributed by atoms with E-state index in [1.54, 1.807) is 7.11 Å². The summed E-state index contributed by atoms with van der Waals surface area (Å²) < 4.78 is 6.47. The van der Waals surface area contributed by atoms with Crippen LogP contribution in [0.2, 0.25) is 0 Å². The molecule has 0 N–H and O–H groups in total. The zero-order valence-corrected chi connectivity index (χ0v) is 10.6. The fourth-order valence-corrected chi connectivity index (χ4v) is 2.06. The smallest absolute Gasteiger partial charge is 0.122 e. The maximum atomic E-state index is 5.35. The van der Waals surface area contributed by atoms with Crippen LogP contribution in [0.5, 0.6) is 5.75 Å². The number of hydrogen-bond acceptors (Lipinski definition) is 1. The van der Waals surface area contributed by atoms with Gasteiger partial charge in [0.2, 0.25) is 0 Å². The highest BCUT2D eigenvalue weighted by molar-refractivity contribution is 9.10. The van der Waals surface area contributed by atoms with Crippen LogP contribution in [0.1, 0.15) is 38.2 Å². The second kappa shape index (κ2) is 5.40. The van der Waals surface area contributed by atoms with Crippen molar-refractivity contribution in [3.63, 3.8) is 0 Å². The number of methoxy groups -OCH3 is 1. The van der Waals surface area contributed by atoms with Crippen LogP contribution in [0.4, 0.5) is 0 Å². The third-order valence-electron chi connectivity index (χ3n) is 2.44. The minimum absolute atomic E-state index is 0.562. The van der Waals surface area contributed by atoms with Crippen molar-refractivity contribution in [1.29, 1.82) is 0 Å². The van der Waals surface area contributed by atoms with E-state index < -0.39 is 0 Å². The lowest BCUT2D eigenvalue weighted by atomic mass is 9.96. The minimum atomic E-state index is 0.562. The summed E-state index contributed by atoms with van der Waals surface area (Å²) in [6.07, 6.45) is 2.41. The molecule has 2 heteroatoms. The van der Waals surface area contributed by atoms with Gasteiger partial charge in [-0.2, -0.15) is 0 Å². The molecule has 0 bridgehead atoms. The number of benzene rings is 1. The molecule has 0 fully saturated rings. The highest BCUT2D eigenvalue weighted by Crippen LogP contribution is 2.31. The summed E-state index contributed by atoms with van der Waals surface area (Å²) in [7, 11) is 1.73. The molecule has 1 nitrogen and oxygen atoms in total. The number of ether oxygens (including phenoxy) is 1. The Morgan fingerprint density at radius 1 is 1.43 bits per heavy atom. The highest BCUT2D eigenvalue weighted by Gasteiger charge is 2.10. The molecular formula is C12H17BrO. The summed E-state index contributed by atoms with van der Waals surface area (Å²) in [5, 5.41) is 0. The van der Waals surface area contributed by atoms with Gasteiger partial charge in [0.15, 0.2) is 0 Å². The molecule has 0 aliphatic heterocycles. The van der Waals surface area contributed by atoms with E-state index in [9.17, 15) is 0 Å². The molecule has 0 unspecified atom stereocenters. The molecular weight excluding hydrogens is 240 g/mol. The SMILES string of the molecule is CCC[C@H](C)c1cc(Br)ccc1OC. The Balaban J connectivity index is 2.97. The standard InChI is InChI=1S/C12H17BrO/c1-4-5-9(2)11-8-10(13)6-7-12(11)14-3/h6-9H,4-5H2,1-3H3/t9-/m0/s1. The molecule has 1 aromatic carbocycles. The van der Waals surface area contributed by atoms with Crippen molar-refractivity contribution in [2.24, 2.45) is 0 Å². The van der Waals surface area contributed by atoms with E-state index in [2.05, 4.69) is 35.8 Å². The van der Waals surface area contributed by atoms with E-state index in [0.717, 1.165) is 10.2 Å². The zero-order valence-electron chi connectivity index (χ0n) is 9.01. The summed E-state index contributed by atoms with van der Waals surface area (Å²) in [5.74, 6) is 1.56. The van der Waals surface area contributed by atoms with Crippen LogP contribution in [-0.4, -0.2) is 7.11 Å². The van der Waals surface area contributed by atoms with Gasteiger partial charge in [-0.1, -0.05) is 36.2 Å². The number of halogens is 1. The molecule has 0 radical (unpaired) electrons. The molecule has 0 amide bonds. The van der Waals surface area contributed by atoms with E-state index in [0.29, 0.717) is 5.92 Å². The van der Waals surface area contributed by atoms with E-state index in [1.807, 2.05) is 12.1 Å². The van der Waals surface area contributed by atoms with E-state index in [1.165, 1.54) is 18.4 Å². The van der Waals surface area contributed by atoms with Gasteiger partial charge < -0.3 is 4.74 Å². The lowest BCUT2D eigenvalue weighted by molar-refractivity contribution is 0.405. The van der Waals surface area contributed by atoms with Gasteiger partial charge in [-0.3, -0.25) is 0 Å². The third kappa shape index (κ3) is 2.74. The fourth-order valence-electron chi connectivity index (χ4n) is 1.68. The zero-order chi connectivity index (χ0) is 10.6. The van der Waals surface area contributed by atoms with Gasteiger partial charge in [0, 0.05) is 4.47 Å². The average Bonchev–Trinajstić information content (AvgIpc) is 2.18. The molecule has 0 spiro atoms. The second-order valence-corrected chi connectivity index (χ2v) is 4.49. The molecule has 78 valence electrons. The lowest BCUT2D eigenvalue weighted by Crippen LogP contribution is -1.97. The quantitative estimate of drug-likeness (QED) is 0.778. The van der Waals surface area contributed by atoms with Crippen molar-refractivity contribution < 1.29 is 4.74 Å². The van der Waals surface area contributed by atoms with Crippen molar-refractivity contribution in [1.82, 2.24) is 0 Å². The van der Waals surface area contributed by atoms with Crippen LogP contribution >= 0.6 is 15.9 Å². The van der Waals surface area contributed by atoms with Crippen LogP contribution in [-0.2, 0) is 0 Å². The summed E-state index contributed by atoms with van der Waals surface area (Å²) in [5.41, 5.74) is 1.30. The second-order valence-electron chi connectivity index (χ2n) is 3.58. The van der Waals surface area contributed by atoms with Crippen LogP contribution in [0.15, 0.2) is 22.7 Å². The summed E-state index contributed by atoms with van der Waals surface area (Å²) in [6, 6.07) is 6.19. The summed E-state index contributed by atoms with van der Waals surface area (Å²) >= 11 is 3.49. The third-order valence-corrected chi connectivity index (χ3v) is 2.94. The van der Waals surface area contributed by atoms with Crippen molar-refractivity contribution in [2.45, 2.75) is 32.6 Å². The average molecular weight is 257 g/mol. The molecule has 1 atom stereocenters. The van der Waals surface area contributed by atoms with Gasteiger partial charge in [0.05, 0.1) is 7.11 Å². The molecule has 1 rings (SSSR count). The first-order chi connectivity index (χ1) is 6.69. The first kappa shape index (κ1) is 11.6. The van der Waals surface area contributed by atoms with Crippen LogP contribution in [0, 0.1) is 0 Å². The lowest BCUT2D eigenvalue weighted by Gasteiger charge is -2.15. The first-order valence-corrected chi connectivity index (χ1v) is 5.81. The molecule has 0 aliphatic carbocycles. The maximum absolute atomic E-state index is 5.35. The van der Waals surface area contributed by atoms with E-state index in [-0.39, 0.29) is 0 Å². The van der Waals surface area contributed by atoms with Crippen LogP contribution in [0.25, 0.3) is 0 Å². The van der Waals surface area contributed by atoms with Gasteiger partial charge in [-0.25, -0.2) is 0 Å². The topological polar surface area (TPSA) is 9.23 Å². The monoisotopic (exact) mass is 256 g/mol. The summed E-state index contributed by atoms with van der Waals surface area (Å²) in [4.78, 5) is 0. The molecule has 0 heterocycles. The Labute approximate surface area is 94.6 Å². The minimum Gasteiger partial charge on any atom is -0.496 e. The summed E-state index contributed by atoms with van der Waals surface area (Å²) in [6.45, 7) is 4.45. The largest absolute Gasteiger partial charge is 0.496 e. The van der Waals surface area contributed by atoms with Gasteiger partial charge in [-0.15, -0.1) is 0 Å². The Hall–Kier alpha value is -0.500. The normalized spacial score (nSPS) is 12.6. The molecule has 1 aromatic rings. The Kier molecular flexibility index (Phi) is 4.46. The fraction of sp³-hybridized carbons (Fsp3) is 0.500. The van der Waals surface area contributed by atoms with Crippen LogP contribution in [0.3, 0.4) is 0 Å². The van der Waals surface area contributed by atoms with Gasteiger partial charge >= 0.3 is 0 Å². The van der Waals surface area contributed by atoms with E-state index in [4.69, 9.17) is 4.74 Å². The first-order valence-electron chi connectivity index (χ1n) is 5.02. The van der Waals surface area contributed by atoms with Crippen molar-refractivity contribution >= 4 is 15.9 Å². The van der Waals surface area contributed by atoms with Crippen LogP contribution < -0.4 is 4.74 Å². The van der Waals surface area contributed by atoms with E-state index >= 15 is 0 Å². The Bertz CT molecular complexity index is 296. The van der Waals surface area contributed by atoms with Crippen molar-refractivity contribution in [3.05, 3.63) is 28.2 Å². The number of rotatable bonds is 4. The number of hydrogen-bond donors (Lipinski definition) is 0. The molecule has 0 aliphatic rings. The predicted molar refractivity (Wildman–Crippen MR) is 64.0 cm³/mol. The van der Waals surface area contributed by atoms with Gasteiger partial charge in [0.25, 0.3) is 0 Å². The maximum Gasteiger partial charge on any atom is 0.122 e. The Morgan fingerprint density at radius 2 is 2.14 bits per heavy atom. The molecule has 14 heavy (non-hydrogen) atoms. The van der Waals surface area contributed by atoms with Crippen molar-refractivity contribution in [2.75, 3.05) is 7.11 Å². The highest BCUT2D eigenvalue weighted by atomic mass is 79.9. The Morgan fingerprint density at radius 3 is 2.71 bits per heavy atom. The van der Waals surface area contributed by atoms with Crippen molar-refractivity contribution in [3.8, 4) is 5.75 Å². The predicted octanol–water partition coefficient (Wildman–Crippen LogP) is 4.36.